The Bertz CT molecular complexity index is 1890. The van der Waals surface area contributed by atoms with Gasteiger partial charge in [0.25, 0.3) is 21.0 Å². The topological polar surface area (TPSA) is 134 Å². The van der Waals surface area contributed by atoms with E-state index < -0.39 is 63.2 Å². The molecule has 46 heavy (non-hydrogen) atoms. The smallest absolute Gasteiger partial charge is 0.293 e. The first-order valence-electron chi connectivity index (χ1n) is 14.6. The van der Waals surface area contributed by atoms with Gasteiger partial charge in [-0.25, -0.2) is 12.8 Å². The molecule has 1 aromatic heterocycles. The third kappa shape index (κ3) is 6.09. The Hall–Kier alpha value is -5.07. The van der Waals surface area contributed by atoms with Crippen molar-refractivity contribution in [3.05, 3.63) is 126 Å². The van der Waals surface area contributed by atoms with Crippen molar-refractivity contribution in [3.8, 4) is 11.1 Å². The number of hydrogen-bond acceptors (Lipinski definition) is 7. The lowest BCUT2D eigenvalue weighted by Gasteiger charge is -2.28. The van der Waals surface area contributed by atoms with Crippen LogP contribution in [0.25, 0.3) is 11.1 Å². The van der Waals surface area contributed by atoms with Crippen LogP contribution in [0.3, 0.4) is 0 Å². The maximum absolute atomic E-state index is 14.1. The first kappa shape index (κ1) is 30.9. The highest BCUT2D eigenvalue weighted by Crippen LogP contribution is 2.33. The molecule has 12 heteroatoms. The van der Waals surface area contributed by atoms with Gasteiger partial charge in [-0.15, -0.1) is 0 Å². The molecule has 1 N–H and O–H groups in total. The summed E-state index contributed by atoms with van der Waals surface area (Å²) >= 11 is 0. The predicted octanol–water partition coefficient (Wildman–Crippen LogP) is 3.25. The number of fused-ring (bicyclic) bond motifs is 1. The molecule has 4 aromatic rings. The average molecular weight is 641 g/mol. The molecular weight excluding hydrogens is 611 g/mol. The second-order valence-corrected chi connectivity index (χ2v) is 13.0. The van der Waals surface area contributed by atoms with Crippen LogP contribution in [0.4, 0.5) is 4.39 Å². The van der Waals surface area contributed by atoms with Crippen molar-refractivity contribution < 1.29 is 32.0 Å². The van der Waals surface area contributed by atoms with E-state index in [1.54, 1.807) is 24.3 Å². The molecule has 2 saturated heterocycles. The Morgan fingerprint density at radius 3 is 2.26 bits per heavy atom. The molecule has 10 nitrogen and oxygen atoms in total. The molecule has 0 bridgehead atoms. The number of likely N-dealkylation sites (tertiary alicyclic amines) is 1. The fourth-order valence-electron chi connectivity index (χ4n) is 6.02. The molecule has 2 aliphatic rings. The van der Waals surface area contributed by atoms with Crippen molar-refractivity contribution in [2.24, 2.45) is 0 Å². The van der Waals surface area contributed by atoms with Gasteiger partial charge in [0, 0.05) is 30.9 Å². The first-order valence-corrected chi connectivity index (χ1v) is 16.1. The third-order valence-electron chi connectivity index (χ3n) is 8.31. The molecule has 234 valence electrons. The zero-order valence-electron chi connectivity index (χ0n) is 24.5. The summed E-state index contributed by atoms with van der Waals surface area (Å²) in [6, 6.07) is 21.5. The standard InChI is InChI=1S/C34H29FN4O6S/c35-27-14-8-22(9-15-27)19-28(37-32(41)25-12-10-24(11-13-25)23-5-2-1-3-6-23)33(42)38-18-16-29-31(38)30(40)21-39(29)46(44,45)34(43)26-7-4-17-36-20-26/h1-15,17,20,28-29,31H,16,18-19,21H2,(H,37,41). The van der Waals surface area contributed by atoms with Crippen molar-refractivity contribution in [2.75, 3.05) is 13.1 Å². The van der Waals surface area contributed by atoms with Gasteiger partial charge in [-0.3, -0.25) is 24.2 Å². The van der Waals surface area contributed by atoms with Crippen molar-refractivity contribution in [1.82, 2.24) is 19.5 Å². The number of nitrogens with one attached hydrogen (secondary N) is 1. The number of halogens is 1. The number of carbonyl (C=O) groups is 4. The average Bonchev–Trinajstić information content (AvgIpc) is 3.67. The zero-order valence-corrected chi connectivity index (χ0v) is 25.3. The number of amides is 2. The number of benzene rings is 3. The molecule has 3 atom stereocenters. The minimum atomic E-state index is -4.59. The molecule has 6 rings (SSSR count). The molecular formula is C34H29FN4O6S. The van der Waals surface area contributed by atoms with Crippen LogP contribution in [0.15, 0.2) is 103 Å². The number of nitrogens with zero attached hydrogens (tertiary/aromatic N) is 3. The third-order valence-corrected chi connectivity index (χ3v) is 10.0. The Morgan fingerprint density at radius 2 is 1.59 bits per heavy atom. The first-order chi connectivity index (χ1) is 22.1. The Balaban J connectivity index is 1.23. The van der Waals surface area contributed by atoms with E-state index in [0.717, 1.165) is 21.6 Å². The monoisotopic (exact) mass is 640 g/mol. The molecule has 2 aliphatic heterocycles. The van der Waals surface area contributed by atoms with Gasteiger partial charge in [0.2, 0.25) is 5.91 Å². The van der Waals surface area contributed by atoms with E-state index in [1.807, 2.05) is 30.3 Å². The summed E-state index contributed by atoms with van der Waals surface area (Å²) in [5.41, 5.74) is 2.61. The normalized spacial score (nSPS) is 18.6. The number of pyridine rings is 1. The van der Waals surface area contributed by atoms with E-state index in [0.29, 0.717) is 11.1 Å². The molecule has 2 amide bonds. The lowest BCUT2D eigenvalue weighted by atomic mass is 10.0. The molecule has 3 heterocycles. The Morgan fingerprint density at radius 1 is 0.891 bits per heavy atom. The number of ketones is 1. The number of sulfonamides is 1. The minimum absolute atomic E-state index is 0.00344. The van der Waals surface area contributed by atoms with E-state index in [9.17, 15) is 32.0 Å². The van der Waals surface area contributed by atoms with Crippen LogP contribution in [0.2, 0.25) is 0 Å². The number of Topliss-reactive ketones (excluding diaryl/α,β-unsaturated/α-hetero) is 1. The van der Waals surface area contributed by atoms with Gasteiger partial charge in [-0.1, -0.05) is 54.6 Å². The summed E-state index contributed by atoms with van der Waals surface area (Å²) in [6.07, 6.45) is 2.66. The largest absolute Gasteiger partial charge is 0.340 e. The van der Waals surface area contributed by atoms with E-state index in [-0.39, 0.29) is 24.9 Å². The van der Waals surface area contributed by atoms with Gasteiger partial charge >= 0.3 is 0 Å². The van der Waals surface area contributed by atoms with E-state index in [2.05, 4.69) is 10.3 Å². The summed E-state index contributed by atoms with van der Waals surface area (Å²) in [5.74, 6) is -2.10. The molecule has 3 aromatic carbocycles. The van der Waals surface area contributed by atoms with Gasteiger partial charge in [0.05, 0.1) is 18.2 Å². The molecule has 3 unspecified atom stereocenters. The van der Waals surface area contributed by atoms with Crippen LogP contribution < -0.4 is 5.32 Å². The van der Waals surface area contributed by atoms with Crippen LogP contribution in [-0.2, 0) is 26.0 Å². The zero-order chi connectivity index (χ0) is 32.4. The van der Waals surface area contributed by atoms with E-state index >= 15 is 0 Å². The maximum atomic E-state index is 14.1. The van der Waals surface area contributed by atoms with Crippen molar-refractivity contribution in [2.45, 2.75) is 31.0 Å². The fraction of sp³-hybridized carbons (Fsp3) is 0.206. The number of carbonyl (C=O) groups excluding carboxylic acids is 4. The highest BCUT2D eigenvalue weighted by atomic mass is 32.2. The summed E-state index contributed by atoms with van der Waals surface area (Å²) in [6.45, 7) is -0.523. The summed E-state index contributed by atoms with van der Waals surface area (Å²) in [7, 11) is -4.59. The highest BCUT2D eigenvalue weighted by molar-refractivity contribution is 8.04. The maximum Gasteiger partial charge on any atom is 0.293 e. The summed E-state index contributed by atoms with van der Waals surface area (Å²) in [5, 5.41) is 1.60. The minimum Gasteiger partial charge on any atom is -0.340 e. The van der Waals surface area contributed by atoms with Crippen molar-refractivity contribution in [3.63, 3.8) is 0 Å². The highest BCUT2D eigenvalue weighted by Gasteiger charge is 2.55. The van der Waals surface area contributed by atoms with Gasteiger partial charge < -0.3 is 10.2 Å². The number of hydrogen-bond donors (Lipinski definition) is 1. The lowest BCUT2D eigenvalue weighted by molar-refractivity contribution is -0.138. The predicted molar refractivity (Wildman–Crippen MR) is 166 cm³/mol. The SMILES string of the molecule is O=C(NC(Cc1ccc(F)cc1)C(=O)N1CCC2C1C(=O)CN2S(=O)(=O)C(=O)c1cccnc1)c1ccc(-c2ccccc2)cc1. The van der Waals surface area contributed by atoms with Crippen LogP contribution in [0.5, 0.6) is 0 Å². The lowest BCUT2D eigenvalue weighted by Crippen LogP contribution is -2.53. The Labute approximate surface area is 264 Å². The van der Waals surface area contributed by atoms with E-state index in [4.69, 9.17) is 0 Å². The van der Waals surface area contributed by atoms with Gasteiger partial charge in [0.15, 0.2) is 5.78 Å². The molecule has 0 radical (unpaired) electrons. The quantitative estimate of drug-likeness (QED) is 0.313. The van der Waals surface area contributed by atoms with Gasteiger partial charge in [0.1, 0.15) is 17.9 Å². The molecule has 2 fully saturated rings. The second-order valence-electron chi connectivity index (χ2n) is 11.2. The van der Waals surface area contributed by atoms with Crippen LogP contribution in [0.1, 0.15) is 32.7 Å². The van der Waals surface area contributed by atoms with Crippen LogP contribution in [0, 0.1) is 5.82 Å². The van der Waals surface area contributed by atoms with E-state index in [1.165, 1.54) is 47.5 Å². The Kier molecular flexibility index (Phi) is 8.57. The van der Waals surface area contributed by atoms with Gasteiger partial charge in [-0.05, 0) is 59.5 Å². The molecule has 0 aliphatic carbocycles. The molecule has 0 spiro atoms. The van der Waals surface area contributed by atoms with Crippen LogP contribution >= 0.6 is 0 Å². The van der Waals surface area contributed by atoms with Crippen molar-refractivity contribution >= 4 is 32.7 Å². The second kappa shape index (κ2) is 12.7. The summed E-state index contributed by atoms with van der Waals surface area (Å²) < 4.78 is 41.2. The molecule has 0 saturated carbocycles. The number of rotatable bonds is 8. The van der Waals surface area contributed by atoms with Crippen molar-refractivity contribution in [1.29, 1.82) is 0 Å². The summed E-state index contributed by atoms with van der Waals surface area (Å²) in [4.78, 5) is 58.7. The van der Waals surface area contributed by atoms with Crippen LogP contribution in [-0.4, -0.2) is 76.5 Å². The van der Waals surface area contributed by atoms with Gasteiger partial charge in [-0.2, -0.15) is 4.31 Å². The fourth-order valence-corrected chi connectivity index (χ4v) is 7.53. The number of aromatic nitrogens is 1.